The van der Waals surface area contributed by atoms with Crippen LogP contribution in [0, 0.1) is 36.3 Å². The predicted octanol–water partition coefficient (Wildman–Crippen LogP) is -1.27. The number of hydrogen-bond donors (Lipinski definition) is 5. The van der Waals surface area contributed by atoms with Crippen molar-refractivity contribution in [2.45, 2.75) is 53.5 Å². The number of benzene rings is 1. The Balaban J connectivity index is 2.24. The molecule has 4 aliphatic rings. The molecule has 14 heteroatoms. The Labute approximate surface area is 169 Å². The lowest BCUT2D eigenvalue weighted by molar-refractivity contribution is -0.786. The van der Waals surface area contributed by atoms with Crippen molar-refractivity contribution >= 4 is 0 Å². The van der Waals surface area contributed by atoms with Gasteiger partial charge in [0.1, 0.15) is 11.1 Å². The topological polar surface area (TPSA) is 232 Å². The Morgan fingerprint density at radius 2 is 1.53 bits per heavy atom. The largest absolute Gasteiger partial charge is 0.383 e. The minimum atomic E-state index is -2.83. The van der Waals surface area contributed by atoms with Gasteiger partial charge in [-0.3, -0.25) is 42.0 Å². The van der Waals surface area contributed by atoms with E-state index in [-0.39, 0.29) is 24.8 Å². The highest BCUT2D eigenvalue weighted by Crippen LogP contribution is 2.71. The van der Waals surface area contributed by atoms with Gasteiger partial charge in [-0.15, -0.1) is 0 Å². The molecule has 6 atom stereocenters. The fourth-order valence-electron chi connectivity index (χ4n) is 7.07. The van der Waals surface area contributed by atoms with Gasteiger partial charge in [0.25, 0.3) is 0 Å². The number of hydrazine groups is 2. The Kier molecular flexibility index (Phi) is 4.02. The first-order chi connectivity index (χ1) is 14.0. The van der Waals surface area contributed by atoms with Crippen molar-refractivity contribution in [3.05, 3.63) is 66.2 Å². The van der Waals surface area contributed by atoms with Crippen molar-refractivity contribution in [1.82, 2.24) is 10.9 Å². The first kappa shape index (κ1) is 20.5. The minimum absolute atomic E-state index is 0.0613. The second-order valence-corrected chi connectivity index (χ2v) is 8.60. The van der Waals surface area contributed by atoms with E-state index in [0.717, 1.165) is 0 Å². The van der Waals surface area contributed by atoms with Crippen molar-refractivity contribution in [2.75, 3.05) is 0 Å². The number of nitrogens with one attached hydrogen (secondary N) is 2. The highest BCUT2D eigenvalue weighted by molar-refractivity contribution is 5.44. The third-order valence-corrected chi connectivity index (χ3v) is 7.64. The van der Waals surface area contributed by atoms with E-state index < -0.39 is 54.9 Å². The fourth-order valence-corrected chi connectivity index (χ4v) is 7.07. The molecule has 0 heterocycles. The zero-order valence-corrected chi connectivity index (χ0v) is 15.8. The molecule has 0 saturated heterocycles. The summed E-state index contributed by atoms with van der Waals surface area (Å²) in [7, 11) is 0. The molecule has 0 amide bonds. The second-order valence-electron chi connectivity index (χ2n) is 8.60. The summed E-state index contributed by atoms with van der Waals surface area (Å²) in [5.41, 5.74) is -0.864. The van der Waals surface area contributed by atoms with Crippen LogP contribution in [-0.4, -0.2) is 37.0 Å². The van der Waals surface area contributed by atoms with Crippen molar-refractivity contribution in [3.8, 4) is 0 Å². The summed E-state index contributed by atoms with van der Waals surface area (Å²) in [5, 5.41) is 38.2. The molecule has 0 aromatic heterocycles. The normalized spacial score (nSPS) is 44.0. The lowest BCUT2D eigenvalue weighted by atomic mass is 9.35. The summed E-state index contributed by atoms with van der Waals surface area (Å²) in [5.74, 6) is 10.9. The molecule has 1 aromatic carbocycles. The Morgan fingerprint density at radius 3 is 2.00 bits per heavy atom. The summed E-state index contributed by atoms with van der Waals surface area (Å²) in [6, 6.07) is 7.22. The maximum atomic E-state index is 12.8. The monoisotopic (exact) mass is 422 g/mol. The lowest BCUT2D eigenvalue weighted by Gasteiger charge is -2.68. The van der Waals surface area contributed by atoms with Crippen molar-refractivity contribution in [3.63, 3.8) is 0 Å². The van der Waals surface area contributed by atoms with Gasteiger partial charge in [-0.2, -0.15) is 5.43 Å². The molecule has 6 unspecified atom stereocenters. The molecule has 14 nitrogen and oxygen atoms in total. The van der Waals surface area contributed by atoms with Gasteiger partial charge in [-0.25, -0.2) is 5.43 Å². The van der Waals surface area contributed by atoms with Crippen LogP contribution in [0.25, 0.3) is 0 Å². The molecule has 8 N–H and O–H groups in total. The average molecular weight is 422 g/mol. The lowest BCUT2D eigenvalue weighted by Crippen LogP contribution is -3.01. The van der Waals surface area contributed by atoms with Gasteiger partial charge >= 0.3 is 16.7 Å². The SMILES string of the molecule is NNC12CC3CC(N)(C1)C(c1ccccc1)([N+](=O)[O-])C([N+](=O)[O-])(C3)C2(NN)[N+](=O)[O-]. The maximum absolute atomic E-state index is 12.8. The third kappa shape index (κ3) is 1.74. The number of hydrogen-bond acceptors (Lipinski definition) is 11. The molecule has 1 aromatic rings. The van der Waals surface area contributed by atoms with Gasteiger partial charge in [-0.1, -0.05) is 30.3 Å². The summed E-state index contributed by atoms with van der Waals surface area (Å²) >= 11 is 0. The average Bonchev–Trinajstić information content (AvgIpc) is 2.67. The summed E-state index contributed by atoms with van der Waals surface area (Å²) in [6.07, 6.45) is -0.668. The number of nitrogens with zero attached hydrogens (tertiary/aromatic N) is 3. The zero-order valence-electron chi connectivity index (χ0n) is 15.8. The van der Waals surface area contributed by atoms with E-state index in [4.69, 9.17) is 17.4 Å². The van der Waals surface area contributed by atoms with Crippen LogP contribution in [0.2, 0.25) is 0 Å². The van der Waals surface area contributed by atoms with E-state index in [0.29, 0.717) is 0 Å². The molecular formula is C16H22N8O6. The Hall–Kier alpha value is -2.78. The first-order valence-electron chi connectivity index (χ1n) is 9.29. The quantitative estimate of drug-likeness (QED) is 0.157. The molecule has 162 valence electrons. The van der Waals surface area contributed by atoms with Crippen molar-refractivity contribution in [2.24, 2.45) is 23.3 Å². The maximum Gasteiger partial charge on any atom is 0.383 e. The first-order valence-corrected chi connectivity index (χ1v) is 9.29. The van der Waals surface area contributed by atoms with Gasteiger partial charge < -0.3 is 5.73 Å². The van der Waals surface area contributed by atoms with Gasteiger partial charge in [0.05, 0.1) is 4.92 Å². The van der Waals surface area contributed by atoms with Crippen LogP contribution in [0.15, 0.2) is 30.3 Å². The summed E-state index contributed by atoms with van der Waals surface area (Å²) in [6.45, 7) is 0. The van der Waals surface area contributed by atoms with Gasteiger partial charge in [-0.05, 0) is 18.8 Å². The third-order valence-electron chi connectivity index (χ3n) is 7.64. The molecule has 30 heavy (non-hydrogen) atoms. The molecule has 5 rings (SSSR count). The van der Waals surface area contributed by atoms with Gasteiger partial charge in [0.15, 0.2) is 0 Å². The molecule has 4 saturated carbocycles. The van der Waals surface area contributed by atoms with E-state index in [1.165, 1.54) is 24.3 Å². The van der Waals surface area contributed by atoms with Crippen LogP contribution >= 0.6 is 0 Å². The molecule has 4 bridgehead atoms. The summed E-state index contributed by atoms with van der Waals surface area (Å²) < 4.78 is 0. The smallest absolute Gasteiger partial charge is 0.319 e. The molecular weight excluding hydrogens is 400 g/mol. The van der Waals surface area contributed by atoms with E-state index in [1.807, 2.05) is 5.43 Å². The van der Waals surface area contributed by atoms with E-state index in [9.17, 15) is 30.3 Å². The fraction of sp³-hybridized carbons (Fsp3) is 0.625. The number of nitro groups is 3. The van der Waals surface area contributed by atoms with Crippen molar-refractivity contribution < 1.29 is 14.8 Å². The van der Waals surface area contributed by atoms with Crippen LogP contribution in [-0.2, 0) is 5.54 Å². The van der Waals surface area contributed by atoms with E-state index in [1.54, 1.807) is 6.07 Å². The standard InChI is InChI=1S/C16H22N8O6/c17-12-6-10-7-13(9-12,20-18)16(21-19,24(29)30)14(8-10,22(25)26)15(12,23(27)28)11-4-2-1-3-5-11/h1-5,10,20-21H,6-9,17-19H2. The van der Waals surface area contributed by atoms with E-state index >= 15 is 0 Å². The zero-order chi connectivity index (χ0) is 22.2. The molecule has 4 aliphatic carbocycles. The predicted molar refractivity (Wildman–Crippen MR) is 101 cm³/mol. The summed E-state index contributed by atoms with van der Waals surface area (Å²) in [4.78, 5) is 35.5. The molecule has 4 fully saturated rings. The van der Waals surface area contributed by atoms with Crippen LogP contribution in [0.1, 0.15) is 31.2 Å². The highest BCUT2D eigenvalue weighted by Gasteiger charge is 3.02. The van der Waals surface area contributed by atoms with Crippen molar-refractivity contribution in [1.29, 1.82) is 0 Å². The van der Waals surface area contributed by atoms with Gasteiger partial charge in [0, 0.05) is 28.3 Å². The highest BCUT2D eigenvalue weighted by atomic mass is 16.7. The van der Waals surface area contributed by atoms with Crippen LogP contribution in [0.3, 0.4) is 0 Å². The van der Waals surface area contributed by atoms with E-state index in [2.05, 4.69) is 5.43 Å². The molecule has 0 spiro atoms. The van der Waals surface area contributed by atoms with Gasteiger partial charge in [0.2, 0.25) is 0 Å². The number of rotatable bonds is 6. The van der Waals surface area contributed by atoms with Crippen LogP contribution in [0.5, 0.6) is 0 Å². The molecule has 0 aliphatic heterocycles. The minimum Gasteiger partial charge on any atom is -0.319 e. The molecule has 0 radical (unpaired) electrons. The number of nitrogens with two attached hydrogens (primary N) is 3. The Bertz CT molecular complexity index is 949. The Morgan fingerprint density at radius 1 is 0.900 bits per heavy atom. The van der Waals surface area contributed by atoms with Crippen LogP contribution < -0.4 is 28.3 Å². The van der Waals surface area contributed by atoms with Crippen LogP contribution in [0.4, 0.5) is 0 Å². The second kappa shape index (κ2) is 5.89.